The van der Waals surface area contributed by atoms with Crippen molar-refractivity contribution < 1.29 is 5.11 Å². The highest BCUT2D eigenvalue weighted by Gasteiger charge is 2.02. The van der Waals surface area contributed by atoms with Crippen LogP contribution in [0.5, 0.6) is 5.75 Å². The number of hydrogen-bond donors (Lipinski definition) is 1. The Morgan fingerprint density at radius 1 is 1.44 bits per heavy atom. The minimum Gasteiger partial charge on any atom is -0.503 e. The number of thiophene rings is 1. The van der Waals surface area contributed by atoms with Gasteiger partial charge in [0.05, 0.1) is 13.9 Å². The van der Waals surface area contributed by atoms with Crippen LogP contribution in [0.25, 0.3) is 0 Å². The van der Waals surface area contributed by atoms with Gasteiger partial charge in [0.1, 0.15) is 0 Å². The lowest BCUT2D eigenvalue weighted by Gasteiger charge is -2.03. The van der Waals surface area contributed by atoms with Gasteiger partial charge in [-0.15, -0.1) is 11.3 Å². The quantitative estimate of drug-likeness (QED) is 0.884. The summed E-state index contributed by atoms with van der Waals surface area (Å²) < 4.78 is 3.67. The Kier molecular flexibility index (Phi) is 3.73. The van der Waals surface area contributed by atoms with Gasteiger partial charge in [-0.05, 0) is 40.2 Å². The Balaban J connectivity index is 2.11. The van der Waals surface area contributed by atoms with Gasteiger partial charge in [0, 0.05) is 6.20 Å². The van der Waals surface area contributed by atoms with E-state index in [4.69, 9.17) is 0 Å². The molecule has 0 aliphatic carbocycles. The molecular formula is C10H8BrNO2S2. The summed E-state index contributed by atoms with van der Waals surface area (Å²) in [4.78, 5) is 11.5. The second kappa shape index (κ2) is 5.07. The molecule has 0 bridgehead atoms. The second-order valence-electron chi connectivity index (χ2n) is 3.00. The molecular weight excluding hydrogens is 310 g/mol. The summed E-state index contributed by atoms with van der Waals surface area (Å²) in [5.74, 6) is 0.288. The highest BCUT2D eigenvalue weighted by Crippen LogP contribution is 2.31. The van der Waals surface area contributed by atoms with Gasteiger partial charge in [-0.3, -0.25) is 4.79 Å². The molecule has 0 amide bonds. The fourth-order valence-corrected chi connectivity index (χ4v) is 3.87. The lowest BCUT2D eigenvalue weighted by Crippen LogP contribution is -2.16. The number of aromatic nitrogens is 1. The molecule has 2 heterocycles. The van der Waals surface area contributed by atoms with Gasteiger partial charge in [0.25, 0.3) is 5.56 Å². The van der Waals surface area contributed by atoms with E-state index in [9.17, 15) is 9.90 Å². The minimum absolute atomic E-state index is 0.213. The SMILES string of the molecule is O=c1c(O)cccn1CSc1ccc(Br)s1. The normalized spacial score (nSPS) is 10.6. The molecule has 0 aromatic carbocycles. The summed E-state index contributed by atoms with van der Waals surface area (Å²) in [5.41, 5.74) is -0.356. The second-order valence-corrected chi connectivity index (χ2v) is 6.71. The van der Waals surface area contributed by atoms with Crippen molar-refractivity contribution in [3.63, 3.8) is 0 Å². The van der Waals surface area contributed by atoms with Crippen LogP contribution in [0.1, 0.15) is 0 Å². The largest absolute Gasteiger partial charge is 0.503 e. The topological polar surface area (TPSA) is 42.2 Å². The van der Waals surface area contributed by atoms with Gasteiger partial charge in [-0.1, -0.05) is 11.8 Å². The van der Waals surface area contributed by atoms with Crippen molar-refractivity contribution in [2.24, 2.45) is 0 Å². The predicted molar refractivity (Wildman–Crippen MR) is 70.2 cm³/mol. The zero-order chi connectivity index (χ0) is 11.5. The molecule has 6 heteroatoms. The van der Waals surface area contributed by atoms with Crippen molar-refractivity contribution in [3.8, 4) is 5.75 Å². The molecule has 2 rings (SSSR count). The third-order valence-corrected chi connectivity index (χ3v) is 4.74. The highest BCUT2D eigenvalue weighted by molar-refractivity contribution is 9.11. The van der Waals surface area contributed by atoms with Crippen LogP contribution >= 0.6 is 39.0 Å². The van der Waals surface area contributed by atoms with Gasteiger partial charge >= 0.3 is 0 Å². The third kappa shape index (κ3) is 2.69. The molecule has 84 valence electrons. The monoisotopic (exact) mass is 317 g/mol. The summed E-state index contributed by atoms with van der Waals surface area (Å²) >= 11 is 6.56. The molecule has 0 saturated carbocycles. The first kappa shape index (κ1) is 11.8. The number of pyridine rings is 1. The van der Waals surface area contributed by atoms with E-state index in [0.717, 1.165) is 8.00 Å². The van der Waals surface area contributed by atoms with Crippen LogP contribution in [-0.2, 0) is 5.88 Å². The summed E-state index contributed by atoms with van der Waals surface area (Å²) in [5, 5.41) is 9.25. The molecule has 0 saturated heterocycles. The van der Waals surface area contributed by atoms with Crippen LogP contribution in [0.3, 0.4) is 0 Å². The number of halogens is 1. The molecule has 0 radical (unpaired) electrons. The number of thioether (sulfide) groups is 1. The van der Waals surface area contributed by atoms with Gasteiger partial charge in [-0.2, -0.15) is 0 Å². The van der Waals surface area contributed by atoms with Crippen molar-refractivity contribution in [1.29, 1.82) is 0 Å². The Bertz CT molecular complexity index is 550. The summed E-state index contributed by atoms with van der Waals surface area (Å²) in [6, 6.07) is 7.01. The summed E-state index contributed by atoms with van der Waals surface area (Å²) in [6.07, 6.45) is 1.66. The Morgan fingerprint density at radius 3 is 2.94 bits per heavy atom. The zero-order valence-electron chi connectivity index (χ0n) is 8.09. The molecule has 3 nitrogen and oxygen atoms in total. The van der Waals surface area contributed by atoms with Crippen molar-refractivity contribution >= 4 is 39.0 Å². The van der Waals surface area contributed by atoms with Crippen LogP contribution in [0.15, 0.2) is 43.3 Å². The van der Waals surface area contributed by atoms with Crippen LogP contribution in [-0.4, -0.2) is 9.67 Å². The number of rotatable bonds is 3. The van der Waals surface area contributed by atoms with Crippen LogP contribution in [0.2, 0.25) is 0 Å². The molecule has 2 aromatic rings. The van der Waals surface area contributed by atoms with Crippen molar-refractivity contribution in [2.75, 3.05) is 0 Å². The smallest absolute Gasteiger partial charge is 0.293 e. The maximum atomic E-state index is 11.5. The third-order valence-electron chi connectivity index (χ3n) is 1.89. The first-order valence-electron chi connectivity index (χ1n) is 4.43. The molecule has 0 aliphatic rings. The molecule has 0 unspecified atom stereocenters. The van der Waals surface area contributed by atoms with E-state index in [1.54, 1.807) is 35.4 Å². The van der Waals surface area contributed by atoms with E-state index in [1.807, 2.05) is 12.1 Å². The van der Waals surface area contributed by atoms with E-state index in [0.29, 0.717) is 5.88 Å². The van der Waals surface area contributed by atoms with E-state index in [2.05, 4.69) is 15.9 Å². The van der Waals surface area contributed by atoms with Gasteiger partial charge in [0.15, 0.2) is 5.75 Å². The Labute approximate surface area is 109 Å². The summed E-state index contributed by atoms with van der Waals surface area (Å²) in [7, 11) is 0. The fraction of sp³-hybridized carbons (Fsp3) is 0.100. The van der Waals surface area contributed by atoms with Gasteiger partial charge < -0.3 is 9.67 Å². The van der Waals surface area contributed by atoms with Crippen molar-refractivity contribution in [2.45, 2.75) is 10.1 Å². The number of nitrogens with zero attached hydrogens (tertiary/aromatic N) is 1. The lowest BCUT2D eigenvalue weighted by molar-refractivity contribution is 0.461. The highest BCUT2D eigenvalue weighted by atomic mass is 79.9. The van der Waals surface area contributed by atoms with Crippen LogP contribution < -0.4 is 5.56 Å². The average Bonchev–Trinajstić information content (AvgIpc) is 2.67. The minimum atomic E-state index is -0.356. The van der Waals surface area contributed by atoms with E-state index < -0.39 is 0 Å². The van der Waals surface area contributed by atoms with E-state index >= 15 is 0 Å². The van der Waals surface area contributed by atoms with E-state index in [1.165, 1.54) is 10.6 Å². The summed E-state index contributed by atoms with van der Waals surface area (Å²) in [6.45, 7) is 0. The first-order valence-corrected chi connectivity index (χ1v) is 7.03. The van der Waals surface area contributed by atoms with Gasteiger partial charge in [-0.25, -0.2) is 0 Å². The predicted octanol–water partition coefficient (Wildman–Crippen LogP) is 3.13. The molecule has 16 heavy (non-hydrogen) atoms. The first-order chi connectivity index (χ1) is 7.66. The standard InChI is InChI=1S/C10H8BrNO2S2/c11-8-3-4-9(16-8)15-6-12-5-1-2-7(13)10(12)14/h1-5,13H,6H2. The van der Waals surface area contributed by atoms with E-state index in [-0.39, 0.29) is 11.3 Å². The molecule has 2 aromatic heterocycles. The molecule has 0 spiro atoms. The van der Waals surface area contributed by atoms with Gasteiger partial charge in [0.2, 0.25) is 0 Å². The van der Waals surface area contributed by atoms with Crippen molar-refractivity contribution in [3.05, 3.63) is 44.6 Å². The zero-order valence-corrected chi connectivity index (χ0v) is 11.3. The molecule has 0 atom stereocenters. The van der Waals surface area contributed by atoms with Crippen LogP contribution in [0.4, 0.5) is 0 Å². The fourth-order valence-electron chi connectivity index (χ4n) is 1.13. The lowest BCUT2D eigenvalue weighted by atomic mass is 10.4. The maximum Gasteiger partial charge on any atom is 0.293 e. The number of hydrogen-bond acceptors (Lipinski definition) is 4. The number of aromatic hydroxyl groups is 1. The molecule has 0 fully saturated rings. The molecule has 1 N–H and O–H groups in total. The van der Waals surface area contributed by atoms with Crippen molar-refractivity contribution in [1.82, 2.24) is 4.57 Å². The Hall–Kier alpha value is -0.720. The maximum absolute atomic E-state index is 11.5. The Morgan fingerprint density at radius 2 is 2.25 bits per heavy atom. The molecule has 0 aliphatic heterocycles. The van der Waals surface area contributed by atoms with Crippen LogP contribution in [0, 0.1) is 0 Å². The average molecular weight is 318 g/mol.